The van der Waals surface area contributed by atoms with Crippen molar-refractivity contribution < 1.29 is 9.53 Å². The van der Waals surface area contributed by atoms with Gasteiger partial charge in [-0.15, -0.1) is 0 Å². The number of nitrogens with zero attached hydrogens (tertiary/aromatic N) is 1. The van der Waals surface area contributed by atoms with Crippen molar-refractivity contribution in [3.63, 3.8) is 0 Å². The third-order valence-electron chi connectivity index (χ3n) is 3.89. The van der Waals surface area contributed by atoms with Gasteiger partial charge in [0.05, 0.1) is 0 Å². The lowest BCUT2D eigenvalue weighted by Crippen LogP contribution is -2.35. The molecular formula is C18H28N2O2. The first-order valence-electron chi connectivity index (χ1n) is 8.14. The normalized spacial score (nSPS) is 18.8. The monoisotopic (exact) mass is 304 g/mol. The molecule has 1 aliphatic rings. The van der Waals surface area contributed by atoms with Gasteiger partial charge in [-0.3, -0.25) is 4.90 Å². The molecular weight excluding hydrogens is 276 g/mol. The Balaban J connectivity index is 1.94. The summed E-state index contributed by atoms with van der Waals surface area (Å²) in [5.41, 5.74) is 1.69. The molecule has 1 fully saturated rings. The number of hydrogen-bond acceptors (Lipinski definition) is 3. The standard InChI is InChI=1S/C18H28N2O2/c1-18(2,3)22-17(21)20(4)16-10-8-14(9-11-16)13-15-7-5-6-12-19-15/h8-11,15,19H,5-7,12-13H2,1-4H3. The van der Waals surface area contributed by atoms with Crippen molar-refractivity contribution in [2.24, 2.45) is 0 Å². The van der Waals surface area contributed by atoms with Crippen LogP contribution in [0.25, 0.3) is 0 Å². The smallest absolute Gasteiger partial charge is 0.414 e. The lowest BCUT2D eigenvalue weighted by Gasteiger charge is -2.25. The Morgan fingerprint density at radius 2 is 1.95 bits per heavy atom. The Kier molecular flexibility index (Phi) is 5.46. The van der Waals surface area contributed by atoms with E-state index in [1.54, 1.807) is 11.9 Å². The van der Waals surface area contributed by atoms with E-state index in [0.29, 0.717) is 6.04 Å². The zero-order chi connectivity index (χ0) is 16.2. The van der Waals surface area contributed by atoms with E-state index >= 15 is 0 Å². The Morgan fingerprint density at radius 1 is 1.27 bits per heavy atom. The van der Waals surface area contributed by atoms with E-state index in [0.717, 1.165) is 18.7 Å². The molecule has 122 valence electrons. The highest BCUT2D eigenvalue weighted by atomic mass is 16.6. The van der Waals surface area contributed by atoms with E-state index in [1.165, 1.54) is 24.8 Å². The molecule has 1 aliphatic heterocycles. The lowest BCUT2D eigenvalue weighted by molar-refractivity contribution is 0.0589. The molecule has 22 heavy (non-hydrogen) atoms. The molecule has 1 atom stereocenters. The van der Waals surface area contributed by atoms with E-state index in [1.807, 2.05) is 32.9 Å². The first-order valence-corrected chi connectivity index (χ1v) is 8.14. The molecule has 1 heterocycles. The van der Waals surface area contributed by atoms with Crippen LogP contribution in [0, 0.1) is 0 Å². The SMILES string of the molecule is CN(C(=O)OC(C)(C)C)c1ccc(CC2CCCCN2)cc1. The molecule has 4 heteroatoms. The highest BCUT2D eigenvalue weighted by molar-refractivity contribution is 5.87. The highest BCUT2D eigenvalue weighted by Crippen LogP contribution is 2.19. The van der Waals surface area contributed by atoms with Gasteiger partial charge in [0.1, 0.15) is 5.60 Å². The van der Waals surface area contributed by atoms with Gasteiger partial charge in [0, 0.05) is 18.8 Å². The fourth-order valence-corrected chi connectivity index (χ4v) is 2.67. The molecule has 0 aromatic heterocycles. The van der Waals surface area contributed by atoms with Crippen molar-refractivity contribution in [3.05, 3.63) is 29.8 Å². The maximum atomic E-state index is 12.1. The van der Waals surface area contributed by atoms with E-state index < -0.39 is 5.60 Å². The molecule has 1 unspecified atom stereocenters. The quantitative estimate of drug-likeness (QED) is 0.925. The maximum Gasteiger partial charge on any atom is 0.414 e. The molecule has 2 rings (SSSR count). The number of carbonyl (C=O) groups excluding carboxylic acids is 1. The summed E-state index contributed by atoms with van der Waals surface area (Å²) in [6.45, 7) is 6.75. The van der Waals surface area contributed by atoms with Gasteiger partial charge in [0.25, 0.3) is 0 Å². The molecule has 1 N–H and O–H groups in total. The summed E-state index contributed by atoms with van der Waals surface area (Å²) in [4.78, 5) is 13.6. The minimum Gasteiger partial charge on any atom is -0.443 e. The molecule has 4 nitrogen and oxygen atoms in total. The summed E-state index contributed by atoms with van der Waals surface area (Å²) < 4.78 is 5.38. The van der Waals surface area contributed by atoms with Gasteiger partial charge < -0.3 is 10.1 Å². The molecule has 0 aliphatic carbocycles. The van der Waals surface area contributed by atoms with Crippen LogP contribution >= 0.6 is 0 Å². The van der Waals surface area contributed by atoms with E-state index in [9.17, 15) is 4.79 Å². The summed E-state index contributed by atoms with van der Waals surface area (Å²) in [5.74, 6) is 0. The minimum absolute atomic E-state index is 0.325. The first kappa shape index (κ1) is 16.8. The van der Waals surface area contributed by atoms with Gasteiger partial charge in [-0.25, -0.2) is 4.79 Å². The predicted molar refractivity (Wildman–Crippen MR) is 90.4 cm³/mol. The summed E-state index contributed by atoms with van der Waals surface area (Å²) in [6, 6.07) is 8.77. The molecule has 0 saturated carbocycles. The molecule has 1 aromatic carbocycles. The van der Waals surface area contributed by atoms with E-state index in [-0.39, 0.29) is 6.09 Å². The predicted octanol–water partition coefficient (Wildman–Crippen LogP) is 3.74. The fraction of sp³-hybridized carbons (Fsp3) is 0.611. The van der Waals surface area contributed by atoms with Gasteiger partial charge in [0.15, 0.2) is 0 Å². The Morgan fingerprint density at radius 3 is 2.50 bits per heavy atom. The number of amides is 1. The van der Waals surface area contributed by atoms with Crippen molar-refractivity contribution in [3.8, 4) is 0 Å². The van der Waals surface area contributed by atoms with E-state index in [2.05, 4.69) is 17.4 Å². The summed E-state index contributed by atoms with van der Waals surface area (Å²) in [6.07, 6.45) is 4.58. The van der Waals surface area contributed by atoms with E-state index in [4.69, 9.17) is 4.74 Å². The van der Waals surface area contributed by atoms with Gasteiger partial charge in [-0.2, -0.15) is 0 Å². The average Bonchev–Trinajstić information content (AvgIpc) is 2.46. The summed E-state index contributed by atoms with van der Waals surface area (Å²) in [5, 5.41) is 3.56. The molecule has 1 saturated heterocycles. The first-order chi connectivity index (χ1) is 10.3. The number of nitrogens with one attached hydrogen (secondary N) is 1. The van der Waals surface area contributed by atoms with Crippen molar-refractivity contribution in [2.75, 3.05) is 18.5 Å². The number of benzene rings is 1. The van der Waals surface area contributed by atoms with Gasteiger partial charge in [-0.1, -0.05) is 18.6 Å². The number of rotatable bonds is 3. The zero-order valence-corrected chi connectivity index (χ0v) is 14.2. The number of carbonyl (C=O) groups is 1. The Bertz CT molecular complexity index is 485. The maximum absolute atomic E-state index is 12.1. The van der Waals surface area contributed by atoms with Crippen LogP contribution in [0.5, 0.6) is 0 Å². The minimum atomic E-state index is -0.474. The van der Waals surface area contributed by atoms with Gasteiger partial charge >= 0.3 is 6.09 Å². The topological polar surface area (TPSA) is 41.6 Å². The average molecular weight is 304 g/mol. The second-order valence-electron chi connectivity index (χ2n) is 7.06. The van der Waals surface area contributed by atoms with Crippen LogP contribution in [0.2, 0.25) is 0 Å². The number of ether oxygens (including phenoxy) is 1. The third kappa shape index (κ3) is 5.02. The number of anilines is 1. The molecule has 1 amide bonds. The van der Waals surface area contributed by atoms with Crippen LogP contribution in [-0.2, 0) is 11.2 Å². The summed E-state index contributed by atoms with van der Waals surface area (Å²) in [7, 11) is 1.74. The second-order valence-corrected chi connectivity index (χ2v) is 7.06. The molecule has 0 spiro atoms. The van der Waals surface area contributed by atoms with Crippen LogP contribution < -0.4 is 10.2 Å². The van der Waals surface area contributed by atoms with Crippen LogP contribution in [0.15, 0.2) is 24.3 Å². The third-order valence-corrected chi connectivity index (χ3v) is 3.89. The second kappa shape index (κ2) is 7.14. The number of hydrogen-bond donors (Lipinski definition) is 1. The molecule has 1 aromatic rings. The van der Waals surface area contributed by atoms with Crippen LogP contribution in [0.4, 0.5) is 10.5 Å². The highest BCUT2D eigenvalue weighted by Gasteiger charge is 2.20. The van der Waals surface area contributed by atoms with Crippen molar-refractivity contribution in [2.45, 2.75) is 58.1 Å². The molecule has 0 radical (unpaired) electrons. The van der Waals surface area contributed by atoms with Gasteiger partial charge in [-0.05, 0) is 64.3 Å². The van der Waals surface area contributed by atoms with Crippen LogP contribution in [0.3, 0.4) is 0 Å². The Labute approximate surface area is 133 Å². The van der Waals surface area contributed by atoms with Crippen molar-refractivity contribution >= 4 is 11.8 Å². The molecule has 0 bridgehead atoms. The zero-order valence-electron chi connectivity index (χ0n) is 14.2. The van der Waals surface area contributed by atoms with Crippen molar-refractivity contribution in [1.82, 2.24) is 5.32 Å². The van der Waals surface area contributed by atoms with Crippen LogP contribution in [0.1, 0.15) is 45.6 Å². The lowest BCUT2D eigenvalue weighted by atomic mass is 9.98. The number of piperidine rings is 1. The largest absolute Gasteiger partial charge is 0.443 e. The van der Waals surface area contributed by atoms with Crippen molar-refractivity contribution in [1.29, 1.82) is 0 Å². The van der Waals surface area contributed by atoms with Crippen LogP contribution in [-0.4, -0.2) is 31.3 Å². The Hall–Kier alpha value is -1.55. The fourth-order valence-electron chi connectivity index (χ4n) is 2.67. The van der Waals surface area contributed by atoms with Gasteiger partial charge in [0.2, 0.25) is 0 Å². The summed E-state index contributed by atoms with van der Waals surface area (Å²) >= 11 is 0.